The first-order valence-corrected chi connectivity index (χ1v) is 6.31. The lowest BCUT2D eigenvalue weighted by Gasteiger charge is -2.21. The zero-order chi connectivity index (χ0) is 13.0. The Morgan fingerprint density at radius 1 is 1.50 bits per heavy atom. The van der Waals surface area contributed by atoms with Crippen molar-refractivity contribution in [3.05, 3.63) is 35.4 Å². The molecule has 0 radical (unpaired) electrons. The summed E-state index contributed by atoms with van der Waals surface area (Å²) in [5.41, 5.74) is 0.795. The van der Waals surface area contributed by atoms with Crippen LogP contribution in [0.3, 0.4) is 0 Å². The van der Waals surface area contributed by atoms with Gasteiger partial charge in [0, 0.05) is 25.1 Å². The highest BCUT2D eigenvalue weighted by atomic mass is 16.5. The van der Waals surface area contributed by atoms with Crippen molar-refractivity contribution in [2.24, 2.45) is 0 Å². The lowest BCUT2D eigenvalue weighted by atomic mass is 10.0. The van der Waals surface area contributed by atoms with Crippen LogP contribution in [0.25, 0.3) is 0 Å². The van der Waals surface area contributed by atoms with Crippen LogP contribution in [0.1, 0.15) is 29.3 Å². The van der Waals surface area contributed by atoms with Crippen molar-refractivity contribution in [3.63, 3.8) is 0 Å². The Kier molecular flexibility index (Phi) is 3.99. The molecule has 4 heteroatoms. The molecule has 4 nitrogen and oxygen atoms in total. The fourth-order valence-electron chi connectivity index (χ4n) is 2.13. The Labute approximate surface area is 107 Å². The van der Waals surface area contributed by atoms with E-state index in [1.165, 1.54) is 0 Å². The van der Waals surface area contributed by atoms with Gasteiger partial charge in [-0.3, -0.25) is 4.79 Å². The minimum absolute atomic E-state index is 0.132. The van der Waals surface area contributed by atoms with Gasteiger partial charge in [-0.15, -0.1) is 0 Å². The standard InChI is InChI=1S/C14H19NO3/c1-2-11-5-3-4-6-12(11)13(16)15-9-14(17)7-8-18-10-14/h3-6,17H,2,7-10H2,1H3,(H,15,16). The highest BCUT2D eigenvalue weighted by molar-refractivity contribution is 5.95. The predicted molar refractivity (Wildman–Crippen MR) is 68.5 cm³/mol. The quantitative estimate of drug-likeness (QED) is 0.841. The maximum absolute atomic E-state index is 12.1. The van der Waals surface area contributed by atoms with E-state index in [9.17, 15) is 9.90 Å². The first-order chi connectivity index (χ1) is 8.64. The van der Waals surface area contributed by atoms with E-state index in [0.717, 1.165) is 12.0 Å². The number of rotatable bonds is 4. The van der Waals surface area contributed by atoms with Crippen LogP contribution in [-0.4, -0.2) is 36.4 Å². The van der Waals surface area contributed by atoms with Gasteiger partial charge in [-0.2, -0.15) is 0 Å². The number of ether oxygens (including phenoxy) is 1. The highest BCUT2D eigenvalue weighted by Crippen LogP contribution is 2.17. The van der Waals surface area contributed by atoms with Gasteiger partial charge in [-0.1, -0.05) is 25.1 Å². The molecule has 0 bridgehead atoms. The van der Waals surface area contributed by atoms with E-state index < -0.39 is 5.60 Å². The third-order valence-corrected chi connectivity index (χ3v) is 3.30. The summed E-state index contributed by atoms with van der Waals surface area (Å²) in [5, 5.41) is 12.9. The van der Waals surface area contributed by atoms with Gasteiger partial charge >= 0.3 is 0 Å². The van der Waals surface area contributed by atoms with E-state index in [4.69, 9.17) is 4.74 Å². The number of hydrogen-bond acceptors (Lipinski definition) is 3. The monoisotopic (exact) mass is 249 g/mol. The lowest BCUT2D eigenvalue weighted by Crippen LogP contribution is -2.43. The second kappa shape index (κ2) is 5.50. The van der Waals surface area contributed by atoms with E-state index in [0.29, 0.717) is 25.2 Å². The van der Waals surface area contributed by atoms with Crippen LogP contribution in [0, 0.1) is 0 Å². The number of nitrogens with one attached hydrogen (secondary N) is 1. The van der Waals surface area contributed by atoms with Gasteiger partial charge in [0.1, 0.15) is 5.60 Å². The van der Waals surface area contributed by atoms with Crippen molar-refractivity contribution in [2.45, 2.75) is 25.4 Å². The number of aliphatic hydroxyl groups is 1. The number of carbonyl (C=O) groups excluding carboxylic acids is 1. The van der Waals surface area contributed by atoms with Crippen molar-refractivity contribution in [2.75, 3.05) is 19.8 Å². The molecule has 1 saturated heterocycles. The third-order valence-electron chi connectivity index (χ3n) is 3.30. The van der Waals surface area contributed by atoms with Gasteiger partial charge in [0.05, 0.1) is 6.61 Å². The van der Waals surface area contributed by atoms with Crippen LogP contribution in [0.15, 0.2) is 24.3 Å². The fraction of sp³-hybridized carbons (Fsp3) is 0.500. The zero-order valence-electron chi connectivity index (χ0n) is 10.6. The fourth-order valence-corrected chi connectivity index (χ4v) is 2.13. The Balaban J connectivity index is 1.99. The summed E-state index contributed by atoms with van der Waals surface area (Å²) >= 11 is 0. The minimum atomic E-state index is -0.906. The van der Waals surface area contributed by atoms with Gasteiger partial charge < -0.3 is 15.2 Å². The molecule has 1 aromatic carbocycles. The number of benzene rings is 1. The maximum atomic E-state index is 12.1. The summed E-state index contributed by atoms with van der Waals surface area (Å²) in [4.78, 5) is 12.1. The van der Waals surface area contributed by atoms with Crippen LogP contribution >= 0.6 is 0 Å². The summed E-state index contributed by atoms with van der Waals surface area (Å²) in [6.45, 7) is 3.11. The summed E-state index contributed by atoms with van der Waals surface area (Å²) in [6, 6.07) is 7.53. The Morgan fingerprint density at radius 3 is 2.94 bits per heavy atom. The van der Waals surface area contributed by atoms with Gasteiger partial charge in [0.25, 0.3) is 5.91 Å². The topological polar surface area (TPSA) is 58.6 Å². The number of carbonyl (C=O) groups is 1. The lowest BCUT2D eigenvalue weighted by molar-refractivity contribution is 0.0264. The molecule has 1 aliphatic heterocycles. The molecule has 0 aliphatic carbocycles. The Bertz CT molecular complexity index is 425. The van der Waals surface area contributed by atoms with E-state index in [-0.39, 0.29) is 12.5 Å². The largest absolute Gasteiger partial charge is 0.386 e. The molecule has 0 saturated carbocycles. The molecular formula is C14H19NO3. The van der Waals surface area contributed by atoms with Gasteiger partial charge in [0.2, 0.25) is 0 Å². The first kappa shape index (κ1) is 13.1. The number of amides is 1. The molecule has 0 aromatic heterocycles. The molecule has 1 heterocycles. The molecule has 2 rings (SSSR count). The second-order valence-electron chi connectivity index (χ2n) is 4.72. The van der Waals surface area contributed by atoms with Gasteiger partial charge in [0.15, 0.2) is 0 Å². The van der Waals surface area contributed by atoms with Crippen LogP contribution in [0.4, 0.5) is 0 Å². The van der Waals surface area contributed by atoms with Crippen molar-refractivity contribution in [1.29, 1.82) is 0 Å². The predicted octanol–water partition coefficient (Wildman–Crippen LogP) is 1.13. The summed E-state index contributed by atoms with van der Waals surface area (Å²) < 4.78 is 5.14. The normalized spacial score (nSPS) is 23.0. The van der Waals surface area contributed by atoms with Crippen molar-refractivity contribution < 1.29 is 14.6 Å². The van der Waals surface area contributed by atoms with E-state index in [1.54, 1.807) is 0 Å². The molecule has 1 aromatic rings. The highest BCUT2D eigenvalue weighted by Gasteiger charge is 2.32. The molecule has 1 aliphatic rings. The molecule has 2 N–H and O–H groups in total. The summed E-state index contributed by atoms with van der Waals surface area (Å²) in [5.74, 6) is -0.132. The molecule has 1 unspecified atom stereocenters. The summed E-state index contributed by atoms with van der Waals surface area (Å²) in [6.07, 6.45) is 1.39. The van der Waals surface area contributed by atoms with Crippen molar-refractivity contribution in [1.82, 2.24) is 5.32 Å². The molecule has 1 amide bonds. The number of hydrogen-bond donors (Lipinski definition) is 2. The molecule has 18 heavy (non-hydrogen) atoms. The van der Waals surface area contributed by atoms with Gasteiger partial charge in [-0.05, 0) is 18.1 Å². The van der Waals surface area contributed by atoms with Crippen LogP contribution < -0.4 is 5.32 Å². The average Bonchev–Trinajstić information content (AvgIpc) is 2.83. The molecule has 98 valence electrons. The third kappa shape index (κ3) is 2.89. The maximum Gasteiger partial charge on any atom is 0.251 e. The minimum Gasteiger partial charge on any atom is -0.386 e. The van der Waals surface area contributed by atoms with E-state index in [1.807, 2.05) is 31.2 Å². The molecule has 1 atom stereocenters. The molecular weight excluding hydrogens is 230 g/mol. The SMILES string of the molecule is CCc1ccccc1C(=O)NCC1(O)CCOC1. The van der Waals surface area contributed by atoms with Crippen molar-refractivity contribution in [3.8, 4) is 0 Å². The summed E-state index contributed by atoms with van der Waals surface area (Å²) in [7, 11) is 0. The zero-order valence-corrected chi connectivity index (χ0v) is 10.6. The van der Waals surface area contributed by atoms with Crippen molar-refractivity contribution >= 4 is 5.91 Å². The Hall–Kier alpha value is -1.39. The molecule has 0 spiro atoms. The van der Waals surface area contributed by atoms with Crippen LogP contribution in [-0.2, 0) is 11.2 Å². The van der Waals surface area contributed by atoms with Gasteiger partial charge in [-0.25, -0.2) is 0 Å². The number of aryl methyl sites for hydroxylation is 1. The second-order valence-corrected chi connectivity index (χ2v) is 4.72. The smallest absolute Gasteiger partial charge is 0.251 e. The van der Waals surface area contributed by atoms with E-state index in [2.05, 4.69) is 5.32 Å². The van der Waals surface area contributed by atoms with Crippen LogP contribution in [0.5, 0.6) is 0 Å². The first-order valence-electron chi connectivity index (χ1n) is 6.31. The molecule has 1 fully saturated rings. The average molecular weight is 249 g/mol. The van der Waals surface area contributed by atoms with Crippen LogP contribution in [0.2, 0.25) is 0 Å². The Morgan fingerprint density at radius 2 is 2.28 bits per heavy atom. The van der Waals surface area contributed by atoms with E-state index >= 15 is 0 Å².